The molecule has 1 aliphatic rings. The molecule has 0 aliphatic carbocycles. The predicted molar refractivity (Wildman–Crippen MR) is 48.8 cm³/mol. The summed E-state index contributed by atoms with van der Waals surface area (Å²) in [4.78, 5) is 10.3. The summed E-state index contributed by atoms with van der Waals surface area (Å²) in [7, 11) is 0. The Hall–Kier alpha value is -0.990. The number of rotatable bonds is 5. The van der Waals surface area contributed by atoms with Gasteiger partial charge in [0.15, 0.2) is 0 Å². The smallest absolute Gasteiger partial charge is 0.247 e. The fourth-order valence-electron chi connectivity index (χ4n) is 1.30. The van der Waals surface area contributed by atoms with Gasteiger partial charge in [-0.05, 0) is 12.8 Å². The summed E-state index contributed by atoms with van der Waals surface area (Å²) in [5.41, 5.74) is 0. The van der Waals surface area contributed by atoms with E-state index in [1.54, 1.807) is 12.5 Å². The van der Waals surface area contributed by atoms with Crippen LogP contribution in [0.4, 0.5) is 0 Å². The van der Waals surface area contributed by atoms with Gasteiger partial charge >= 0.3 is 0 Å². The summed E-state index contributed by atoms with van der Waals surface area (Å²) in [5, 5.41) is 0. The molecule has 0 saturated heterocycles. The average Bonchev–Trinajstić information content (AvgIpc) is 2.52. The van der Waals surface area contributed by atoms with Gasteiger partial charge in [0.2, 0.25) is 5.79 Å². The van der Waals surface area contributed by atoms with Crippen molar-refractivity contribution in [2.45, 2.75) is 38.9 Å². The molecule has 0 aromatic carbocycles. The van der Waals surface area contributed by atoms with Gasteiger partial charge in [0.1, 0.15) is 18.8 Å². The van der Waals surface area contributed by atoms with Crippen molar-refractivity contribution in [2.24, 2.45) is 5.92 Å². The topological polar surface area (TPSA) is 35.5 Å². The summed E-state index contributed by atoms with van der Waals surface area (Å²) in [6.07, 6.45) is 6.76. The van der Waals surface area contributed by atoms with Crippen LogP contribution in [-0.4, -0.2) is 12.1 Å². The highest BCUT2D eigenvalue weighted by Crippen LogP contribution is 2.26. The Morgan fingerprint density at radius 2 is 2.08 bits per heavy atom. The Morgan fingerprint density at radius 3 is 2.62 bits per heavy atom. The zero-order chi connectivity index (χ0) is 9.73. The normalized spacial score (nSPS) is 20.5. The fraction of sp³-hybridized carbons (Fsp3) is 0.700. The maximum Gasteiger partial charge on any atom is 0.247 e. The van der Waals surface area contributed by atoms with Crippen LogP contribution in [-0.2, 0) is 14.3 Å². The van der Waals surface area contributed by atoms with Gasteiger partial charge in [-0.15, -0.1) is 0 Å². The lowest BCUT2D eigenvalue weighted by Crippen LogP contribution is -2.25. The van der Waals surface area contributed by atoms with Crippen molar-refractivity contribution in [3.05, 3.63) is 12.5 Å². The van der Waals surface area contributed by atoms with Crippen LogP contribution >= 0.6 is 0 Å². The maximum atomic E-state index is 10.3. The summed E-state index contributed by atoms with van der Waals surface area (Å²) < 4.78 is 10.5. The van der Waals surface area contributed by atoms with Crippen LogP contribution in [0.3, 0.4) is 0 Å². The Kier molecular flexibility index (Phi) is 3.34. The van der Waals surface area contributed by atoms with Gasteiger partial charge in [-0.2, -0.15) is 0 Å². The first kappa shape index (κ1) is 10.1. The molecule has 0 aromatic rings. The van der Waals surface area contributed by atoms with E-state index in [4.69, 9.17) is 9.47 Å². The quantitative estimate of drug-likeness (QED) is 0.614. The Balaban J connectivity index is 2.15. The number of hydrogen-bond donors (Lipinski definition) is 0. The van der Waals surface area contributed by atoms with E-state index in [0.717, 1.165) is 25.5 Å². The molecule has 0 N–H and O–H groups in total. The SMILES string of the molecule is C[C@H](C=O)CCCC1(C)OC=CO1. The minimum atomic E-state index is -0.497. The maximum absolute atomic E-state index is 10.3. The van der Waals surface area contributed by atoms with Crippen LogP contribution < -0.4 is 0 Å². The minimum absolute atomic E-state index is 0.137. The lowest BCUT2D eigenvalue weighted by molar-refractivity contribution is -0.132. The van der Waals surface area contributed by atoms with Crippen LogP contribution in [0, 0.1) is 5.92 Å². The molecule has 3 nitrogen and oxygen atoms in total. The third-order valence-electron chi connectivity index (χ3n) is 2.21. The van der Waals surface area contributed by atoms with Crippen LogP contribution in [0.2, 0.25) is 0 Å². The third kappa shape index (κ3) is 3.09. The van der Waals surface area contributed by atoms with Crippen LogP contribution in [0.25, 0.3) is 0 Å². The molecule has 74 valence electrons. The number of carbonyl (C=O) groups is 1. The highest BCUT2D eigenvalue weighted by atomic mass is 16.7. The zero-order valence-electron chi connectivity index (χ0n) is 8.16. The molecule has 1 aliphatic heterocycles. The number of ether oxygens (including phenoxy) is 2. The van der Waals surface area contributed by atoms with Gasteiger partial charge < -0.3 is 14.3 Å². The summed E-state index contributed by atoms with van der Waals surface area (Å²) >= 11 is 0. The average molecular weight is 184 g/mol. The van der Waals surface area contributed by atoms with Gasteiger partial charge in [0, 0.05) is 19.3 Å². The van der Waals surface area contributed by atoms with E-state index in [-0.39, 0.29) is 5.92 Å². The van der Waals surface area contributed by atoms with Crippen molar-refractivity contribution in [1.82, 2.24) is 0 Å². The van der Waals surface area contributed by atoms with Crippen LogP contribution in [0.1, 0.15) is 33.1 Å². The van der Waals surface area contributed by atoms with E-state index in [2.05, 4.69) is 0 Å². The highest BCUT2D eigenvalue weighted by Gasteiger charge is 2.28. The van der Waals surface area contributed by atoms with Gasteiger partial charge in [0.05, 0.1) is 0 Å². The molecule has 3 heteroatoms. The van der Waals surface area contributed by atoms with E-state index in [1.165, 1.54) is 0 Å². The summed E-state index contributed by atoms with van der Waals surface area (Å²) in [5.74, 6) is -0.360. The van der Waals surface area contributed by atoms with Gasteiger partial charge in [-0.3, -0.25) is 0 Å². The second kappa shape index (κ2) is 4.30. The fourth-order valence-corrected chi connectivity index (χ4v) is 1.30. The molecule has 1 atom stereocenters. The largest absolute Gasteiger partial charge is 0.457 e. The van der Waals surface area contributed by atoms with E-state index in [1.807, 2.05) is 13.8 Å². The number of hydrogen-bond acceptors (Lipinski definition) is 3. The number of carbonyl (C=O) groups excluding carboxylic acids is 1. The van der Waals surface area contributed by atoms with Crippen molar-refractivity contribution >= 4 is 6.29 Å². The molecule has 0 amide bonds. The second-order valence-corrected chi connectivity index (χ2v) is 3.65. The molecule has 1 rings (SSSR count). The van der Waals surface area contributed by atoms with Crippen molar-refractivity contribution in [2.75, 3.05) is 0 Å². The van der Waals surface area contributed by atoms with Gasteiger partial charge in [-0.1, -0.05) is 6.92 Å². The molecule has 13 heavy (non-hydrogen) atoms. The lowest BCUT2D eigenvalue weighted by Gasteiger charge is -2.22. The van der Waals surface area contributed by atoms with E-state index in [0.29, 0.717) is 0 Å². The van der Waals surface area contributed by atoms with E-state index >= 15 is 0 Å². The molecule has 0 saturated carbocycles. The molecular formula is C10H16O3. The van der Waals surface area contributed by atoms with Crippen molar-refractivity contribution in [1.29, 1.82) is 0 Å². The second-order valence-electron chi connectivity index (χ2n) is 3.65. The van der Waals surface area contributed by atoms with Gasteiger partial charge in [0.25, 0.3) is 0 Å². The van der Waals surface area contributed by atoms with Crippen molar-refractivity contribution in [3.8, 4) is 0 Å². The highest BCUT2D eigenvalue weighted by molar-refractivity contribution is 5.52. The summed E-state index contributed by atoms with van der Waals surface area (Å²) in [6, 6.07) is 0. The molecule has 0 unspecified atom stereocenters. The first-order chi connectivity index (χ1) is 6.16. The minimum Gasteiger partial charge on any atom is -0.457 e. The molecule has 0 fully saturated rings. The predicted octanol–water partition coefficient (Wildman–Crippen LogP) is 2.23. The van der Waals surface area contributed by atoms with Crippen molar-refractivity contribution < 1.29 is 14.3 Å². The Bertz CT molecular complexity index is 190. The Morgan fingerprint density at radius 1 is 1.46 bits per heavy atom. The van der Waals surface area contributed by atoms with Crippen LogP contribution in [0.15, 0.2) is 12.5 Å². The third-order valence-corrected chi connectivity index (χ3v) is 2.21. The molecular weight excluding hydrogens is 168 g/mol. The zero-order valence-corrected chi connectivity index (χ0v) is 8.16. The summed E-state index contributed by atoms with van der Waals surface area (Å²) in [6.45, 7) is 3.82. The van der Waals surface area contributed by atoms with E-state index < -0.39 is 5.79 Å². The standard InChI is InChI=1S/C10H16O3/c1-9(8-11)4-3-5-10(2)12-6-7-13-10/h6-9H,3-5H2,1-2H3/t9-/m0/s1. The molecule has 0 radical (unpaired) electrons. The first-order valence-corrected chi connectivity index (χ1v) is 4.62. The first-order valence-electron chi connectivity index (χ1n) is 4.62. The molecule has 0 aromatic heterocycles. The van der Waals surface area contributed by atoms with Gasteiger partial charge in [-0.25, -0.2) is 0 Å². The molecule has 0 spiro atoms. The molecule has 1 heterocycles. The number of aldehydes is 1. The molecule has 0 bridgehead atoms. The van der Waals surface area contributed by atoms with Crippen molar-refractivity contribution in [3.63, 3.8) is 0 Å². The Labute approximate surface area is 78.7 Å². The lowest BCUT2D eigenvalue weighted by atomic mass is 10.0. The van der Waals surface area contributed by atoms with E-state index in [9.17, 15) is 4.79 Å². The van der Waals surface area contributed by atoms with Crippen LogP contribution in [0.5, 0.6) is 0 Å². The monoisotopic (exact) mass is 184 g/mol.